The van der Waals surface area contributed by atoms with Crippen LogP contribution in [0.15, 0.2) is 58.9 Å². The van der Waals surface area contributed by atoms with Crippen molar-refractivity contribution in [2.75, 3.05) is 5.32 Å². The highest BCUT2D eigenvalue weighted by Gasteiger charge is 2.00. The molecular formula is C14H12BrN3S. The molecule has 2 aromatic heterocycles. The van der Waals surface area contributed by atoms with Crippen LogP contribution < -0.4 is 5.32 Å². The Hall–Kier alpha value is -1.59. The van der Waals surface area contributed by atoms with Crippen LogP contribution in [-0.2, 0) is 6.54 Å². The summed E-state index contributed by atoms with van der Waals surface area (Å²) in [5.41, 5.74) is 2.21. The van der Waals surface area contributed by atoms with E-state index in [2.05, 4.69) is 56.6 Å². The first-order chi connectivity index (χ1) is 9.31. The lowest BCUT2D eigenvalue weighted by Crippen LogP contribution is -1.98. The van der Waals surface area contributed by atoms with Gasteiger partial charge in [0, 0.05) is 35.2 Å². The Morgan fingerprint density at radius 2 is 2.21 bits per heavy atom. The number of halogens is 1. The maximum Gasteiger partial charge on any atom is 0.0991 e. The van der Waals surface area contributed by atoms with E-state index < -0.39 is 0 Å². The molecule has 3 nitrogen and oxygen atoms in total. The van der Waals surface area contributed by atoms with Crippen LogP contribution in [0.5, 0.6) is 0 Å². The number of benzene rings is 1. The third kappa shape index (κ3) is 3.05. The van der Waals surface area contributed by atoms with Crippen molar-refractivity contribution >= 4 is 33.0 Å². The van der Waals surface area contributed by atoms with E-state index in [0.29, 0.717) is 0 Å². The van der Waals surface area contributed by atoms with Crippen LogP contribution >= 0.6 is 27.3 Å². The van der Waals surface area contributed by atoms with Crippen molar-refractivity contribution in [1.82, 2.24) is 9.55 Å². The summed E-state index contributed by atoms with van der Waals surface area (Å²) in [6, 6.07) is 12.5. The van der Waals surface area contributed by atoms with Gasteiger partial charge in [0.05, 0.1) is 10.1 Å². The summed E-state index contributed by atoms with van der Waals surface area (Å²) in [5.74, 6) is 0. The average Bonchev–Trinajstić information content (AvgIpc) is 3.08. The van der Waals surface area contributed by atoms with Gasteiger partial charge in [-0.05, 0) is 46.3 Å². The number of nitrogens with one attached hydrogen (secondary N) is 1. The molecule has 0 saturated carbocycles. The number of imidazole rings is 1. The molecule has 0 aliphatic carbocycles. The molecule has 96 valence electrons. The highest BCUT2D eigenvalue weighted by atomic mass is 79.9. The number of aromatic nitrogens is 2. The highest BCUT2D eigenvalue weighted by Crippen LogP contribution is 2.23. The fourth-order valence-electron chi connectivity index (χ4n) is 1.82. The van der Waals surface area contributed by atoms with E-state index in [1.54, 1.807) is 23.9 Å². The SMILES string of the molecule is Brc1ccc(CNc2cccc(-n3ccnc3)c2)s1. The number of thiophene rings is 1. The van der Waals surface area contributed by atoms with Gasteiger partial charge in [0.2, 0.25) is 0 Å². The summed E-state index contributed by atoms with van der Waals surface area (Å²) in [7, 11) is 0. The normalized spacial score (nSPS) is 10.6. The highest BCUT2D eigenvalue weighted by molar-refractivity contribution is 9.11. The molecule has 2 heterocycles. The lowest BCUT2D eigenvalue weighted by atomic mass is 10.2. The van der Waals surface area contributed by atoms with Crippen LogP contribution in [-0.4, -0.2) is 9.55 Å². The van der Waals surface area contributed by atoms with Gasteiger partial charge in [-0.3, -0.25) is 0 Å². The third-order valence-corrected chi connectivity index (χ3v) is 4.37. The van der Waals surface area contributed by atoms with Crippen molar-refractivity contribution < 1.29 is 0 Å². The van der Waals surface area contributed by atoms with Gasteiger partial charge in [-0.15, -0.1) is 11.3 Å². The molecule has 1 aromatic carbocycles. The van der Waals surface area contributed by atoms with Crippen molar-refractivity contribution in [3.8, 4) is 5.69 Å². The van der Waals surface area contributed by atoms with E-state index in [4.69, 9.17) is 0 Å². The summed E-state index contributed by atoms with van der Waals surface area (Å²) < 4.78 is 3.16. The number of hydrogen-bond donors (Lipinski definition) is 1. The van der Waals surface area contributed by atoms with Crippen LogP contribution in [0.2, 0.25) is 0 Å². The minimum Gasteiger partial charge on any atom is -0.380 e. The zero-order valence-electron chi connectivity index (χ0n) is 10.1. The molecule has 3 rings (SSSR count). The molecule has 19 heavy (non-hydrogen) atoms. The zero-order valence-corrected chi connectivity index (χ0v) is 12.5. The molecule has 3 aromatic rings. The van der Waals surface area contributed by atoms with Crippen LogP contribution in [0.1, 0.15) is 4.88 Å². The first-order valence-electron chi connectivity index (χ1n) is 5.88. The second kappa shape index (κ2) is 5.59. The lowest BCUT2D eigenvalue weighted by molar-refractivity contribution is 1.05. The van der Waals surface area contributed by atoms with Crippen LogP contribution in [0.3, 0.4) is 0 Å². The number of nitrogens with zero attached hydrogens (tertiary/aromatic N) is 2. The molecule has 5 heteroatoms. The summed E-state index contributed by atoms with van der Waals surface area (Å²) in [6.07, 6.45) is 5.52. The molecular weight excluding hydrogens is 322 g/mol. The van der Waals surface area contributed by atoms with Crippen LogP contribution in [0.25, 0.3) is 5.69 Å². The molecule has 0 fully saturated rings. The van der Waals surface area contributed by atoms with Crippen molar-refractivity contribution in [2.45, 2.75) is 6.54 Å². The Morgan fingerprint density at radius 1 is 1.26 bits per heavy atom. The van der Waals surface area contributed by atoms with Gasteiger partial charge in [0.15, 0.2) is 0 Å². The second-order valence-corrected chi connectivity index (χ2v) is 6.63. The minimum atomic E-state index is 0.837. The van der Waals surface area contributed by atoms with E-state index in [-0.39, 0.29) is 0 Å². The van der Waals surface area contributed by atoms with Gasteiger partial charge in [0.25, 0.3) is 0 Å². The van der Waals surface area contributed by atoms with E-state index in [1.165, 1.54) is 4.88 Å². The predicted octanol–water partition coefficient (Wildman–Crippen LogP) is 4.31. The van der Waals surface area contributed by atoms with Gasteiger partial charge in [0.1, 0.15) is 0 Å². The molecule has 0 bridgehead atoms. The molecule has 0 amide bonds. The zero-order chi connectivity index (χ0) is 13.1. The Bertz CT molecular complexity index is 661. The van der Waals surface area contributed by atoms with Gasteiger partial charge in [-0.1, -0.05) is 6.07 Å². The topological polar surface area (TPSA) is 29.9 Å². The first-order valence-corrected chi connectivity index (χ1v) is 7.49. The maximum absolute atomic E-state index is 4.06. The Morgan fingerprint density at radius 3 is 2.95 bits per heavy atom. The molecule has 0 spiro atoms. The molecule has 1 N–H and O–H groups in total. The largest absolute Gasteiger partial charge is 0.380 e. The van der Waals surface area contributed by atoms with Gasteiger partial charge in [-0.25, -0.2) is 4.98 Å². The second-order valence-electron chi connectivity index (χ2n) is 4.08. The Labute approximate surface area is 124 Å². The Kier molecular flexibility index (Phi) is 3.66. The molecule has 0 unspecified atom stereocenters. The van der Waals surface area contributed by atoms with Gasteiger partial charge in [-0.2, -0.15) is 0 Å². The summed E-state index contributed by atoms with van der Waals surface area (Å²) >= 11 is 5.22. The Balaban J connectivity index is 1.73. The summed E-state index contributed by atoms with van der Waals surface area (Å²) in [6.45, 7) is 0.837. The third-order valence-electron chi connectivity index (χ3n) is 2.74. The standard InChI is InChI=1S/C14H12BrN3S/c15-14-5-4-13(19-14)9-17-11-2-1-3-12(8-11)18-7-6-16-10-18/h1-8,10,17H,9H2. The van der Waals surface area contributed by atoms with Crippen molar-refractivity contribution in [2.24, 2.45) is 0 Å². The smallest absolute Gasteiger partial charge is 0.0991 e. The maximum atomic E-state index is 4.06. The lowest BCUT2D eigenvalue weighted by Gasteiger charge is -2.08. The van der Waals surface area contributed by atoms with Gasteiger partial charge >= 0.3 is 0 Å². The quantitative estimate of drug-likeness (QED) is 0.771. The minimum absolute atomic E-state index is 0.837. The van der Waals surface area contributed by atoms with Crippen LogP contribution in [0.4, 0.5) is 5.69 Å². The average molecular weight is 334 g/mol. The fraction of sp³-hybridized carbons (Fsp3) is 0.0714. The van der Waals surface area contributed by atoms with E-state index in [1.807, 2.05) is 16.8 Å². The molecule has 0 atom stereocenters. The number of hydrogen-bond acceptors (Lipinski definition) is 3. The molecule has 0 aliphatic heterocycles. The van der Waals surface area contributed by atoms with E-state index in [0.717, 1.165) is 21.7 Å². The summed E-state index contributed by atoms with van der Waals surface area (Å²) in [5, 5.41) is 3.43. The molecule has 0 aliphatic rings. The van der Waals surface area contributed by atoms with Crippen molar-refractivity contribution in [1.29, 1.82) is 0 Å². The van der Waals surface area contributed by atoms with E-state index in [9.17, 15) is 0 Å². The monoisotopic (exact) mass is 333 g/mol. The first kappa shape index (κ1) is 12.4. The molecule has 0 radical (unpaired) electrons. The number of anilines is 1. The summed E-state index contributed by atoms with van der Waals surface area (Å²) in [4.78, 5) is 5.37. The van der Waals surface area contributed by atoms with Gasteiger partial charge < -0.3 is 9.88 Å². The number of rotatable bonds is 4. The van der Waals surface area contributed by atoms with Crippen LogP contribution in [0, 0.1) is 0 Å². The molecule has 0 saturated heterocycles. The van der Waals surface area contributed by atoms with E-state index >= 15 is 0 Å². The van der Waals surface area contributed by atoms with Crippen molar-refractivity contribution in [3.63, 3.8) is 0 Å². The van der Waals surface area contributed by atoms with Crippen molar-refractivity contribution in [3.05, 3.63) is 63.8 Å². The fourth-order valence-corrected chi connectivity index (χ4v) is 3.25. The predicted molar refractivity (Wildman–Crippen MR) is 82.9 cm³/mol.